The Hall–Kier alpha value is -4.16. The third-order valence-electron chi connectivity index (χ3n) is 7.18. The number of hydrogen-bond donors (Lipinski definition) is 0. The maximum atomic E-state index is 14.7. The normalized spacial score (nSPS) is 15.1. The van der Waals surface area contributed by atoms with Crippen molar-refractivity contribution in [3.8, 4) is 28.5 Å². The zero-order valence-corrected chi connectivity index (χ0v) is 20.2. The van der Waals surface area contributed by atoms with Crippen LogP contribution in [0.3, 0.4) is 0 Å². The molecule has 4 aromatic heterocycles. The smallest absolute Gasteiger partial charge is 0.157 e. The molecule has 0 amide bonds. The second kappa shape index (κ2) is 8.81. The van der Waals surface area contributed by atoms with E-state index < -0.39 is 5.82 Å². The van der Waals surface area contributed by atoms with Gasteiger partial charge in [0, 0.05) is 36.3 Å². The fraction of sp³-hybridized carbons (Fsp3) is 0.296. The number of hydrogen-bond acceptors (Lipinski definition) is 6. The van der Waals surface area contributed by atoms with E-state index in [1.165, 1.54) is 12.1 Å². The zero-order valence-electron chi connectivity index (χ0n) is 20.2. The van der Waals surface area contributed by atoms with E-state index in [4.69, 9.17) is 9.97 Å². The molecule has 5 heterocycles. The standard InChI is InChI=1S/C27H25FN8/c1-34-7-5-17(6-8-34)15-36-16-32-26-23(36)14-30-25(20-9-21-13-33-35(2)27(21)31-12-20)24(26)18-3-4-19(11-29)22(28)10-18/h3-4,9-10,12-14,16-17H,5-8,15H2,1-2H3. The van der Waals surface area contributed by atoms with Crippen molar-refractivity contribution in [3.05, 3.63) is 60.6 Å². The first-order chi connectivity index (χ1) is 17.5. The van der Waals surface area contributed by atoms with Crippen molar-refractivity contribution in [2.24, 2.45) is 13.0 Å². The van der Waals surface area contributed by atoms with Crippen LogP contribution < -0.4 is 0 Å². The van der Waals surface area contributed by atoms with Gasteiger partial charge in [0.25, 0.3) is 0 Å². The number of benzene rings is 1. The summed E-state index contributed by atoms with van der Waals surface area (Å²) >= 11 is 0. The van der Waals surface area contributed by atoms with E-state index in [2.05, 4.69) is 26.6 Å². The summed E-state index contributed by atoms with van der Waals surface area (Å²) in [6, 6.07) is 8.54. The highest BCUT2D eigenvalue weighted by atomic mass is 19.1. The van der Waals surface area contributed by atoms with Gasteiger partial charge in [-0.1, -0.05) is 6.07 Å². The van der Waals surface area contributed by atoms with Crippen LogP contribution in [0.25, 0.3) is 44.5 Å². The number of aromatic nitrogens is 6. The molecule has 5 aromatic rings. The van der Waals surface area contributed by atoms with Crippen molar-refractivity contribution in [3.63, 3.8) is 0 Å². The fourth-order valence-corrected chi connectivity index (χ4v) is 5.12. The molecule has 180 valence electrons. The number of rotatable bonds is 4. The van der Waals surface area contributed by atoms with Crippen LogP contribution in [0.4, 0.5) is 4.39 Å². The Morgan fingerprint density at radius 1 is 1.03 bits per heavy atom. The number of halogens is 1. The predicted molar refractivity (Wildman–Crippen MR) is 135 cm³/mol. The van der Waals surface area contributed by atoms with E-state index in [-0.39, 0.29) is 5.56 Å². The molecule has 1 fully saturated rings. The summed E-state index contributed by atoms with van der Waals surface area (Å²) in [5.74, 6) is 0.0100. The second-order valence-electron chi connectivity index (χ2n) is 9.57. The number of aryl methyl sites for hydroxylation is 1. The van der Waals surface area contributed by atoms with Crippen LogP contribution >= 0.6 is 0 Å². The quantitative estimate of drug-likeness (QED) is 0.379. The molecule has 1 saturated heterocycles. The summed E-state index contributed by atoms with van der Waals surface area (Å²) in [6.07, 6.45) is 9.53. The van der Waals surface area contributed by atoms with E-state index in [9.17, 15) is 9.65 Å². The molecule has 0 N–H and O–H groups in total. The molecule has 0 atom stereocenters. The molecule has 0 unspecified atom stereocenters. The average Bonchev–Trinajstić information content (AvgIpc) is 3.47. The molecular formula is C27H25FN8. The lowest BCUT2D eigenvalue weighted by molar-refractivity contribution is 0.206. The molecule has 0 saturated carbocycles. The van der Waals surface area contributed by atoms with E-state index >= 15 is 0 Å². The molecule has 0 aliphatic carbocycles. The van der Waals surface area contributed by atoms with Crippen molar-refractivity contribution in [2.75, 3.05) is 20.1 Å². The number of likely N-dealkylation sites (tertiary alicyclic amines) is 1. The Morgan fingerprint density at radius 3 is 2.64 bits per heavy atom. The molecule has 1 aliphatic rings. The lowest BCUT2D eigenvalue weighted by Crippen LogP contribution is -2.31. The molecule has 1 aromatic carbocycles. The fourth-order valence-electron chi connectivity index (χ4n) is 5.12. The largest absolute Gasteiger partial charge is 0.329 e. The monoisotopic (exact) mass is 480 g/mol. The molecular weight excluding hydrogens is 455 g/mol. The second-order valence-corrected chi connectivity index (χ2v) is 9.57. The van der Waals surface area contributed by atoms with Gasteiger partial charge in [-0.25, -0.2) is 14.4 Å². The van der Waals surface area contributed by atoms with Crippen molar-refractivity contribution < 1.29 is 4.39 Å². The molecule has 1 aliphatic heterocycles. The average molecular weight is 481 g/mol. The Morgan fingerprint density at radius 2 is 1.86 bits per heavy atom. The van der Waals surface area contributed by atoms with Gasteiger partial charge in [0.05, 0.1) is 35.5 Å². The van der Waals surface area contributed by atoms with Gasteiger partial charge in [-0.3, -0.25) is 9.67 Å². The van der Waals surface area contributed by atoms with E-state index in [1.54, 1.807) is 23.1 Å². The van der Waals surface area contributed by atoms with Crippen LogP contribution in [0, 0.1) is 23.1 Å². The molecule has 0 bridgehead atoms. The van der Waals surface area contributed by atoms with Crippen molar-refractivity contribution in [1.82, 2.24) is 34.2 Å². The lowest BCUT2D eigenvalue weighted by atomic mass is 9.96. The molecule has 0 radical (unpaired) electrons. The number of nitriles is 1. The van der Waals surface area contributed by atoms with Gasteiger partial charge in [0.15, 0.2) is 5.65 Å². The van der Waals surface area contributed by atoms with E-state index in [0.29, 0.717) is 17.2 Å². The van der Waals surface area contributed by atoms with Crippen molar-refractivity contribution in [2.45, 2.75) is 19.4 Å². The van der Waals surface area contributed by atoms with Crippen LogP contribution in [0.1, 0.15) is 18.4 Å². The summed E-state index contributed by atoms with van der Waals surface area (Å²) in [6.45, 7) is 3.06. The lowest BCUT2D eigenvalue weighted by Gasteiger charge is -2.29. The Balaban J connectivity index is 1.51. The highest BCUT2D eigenvalue weighted by Crippen LogP contribution is 2.37. The Kier molecular flexibility index (Phi) is 5.46. The van der Waals surface area contributed by atoms with Gasteiger partial charge in [-0.05, 0) is 62.7 Å². The van der Waals surface area contributed by atoms with E-state index in [0.717, 1.165) is 65.7 Å². The Labute approximate surface area is 207 Å². The first-order valence-electron chi connectivity index (χ1n) is 12.0. The van der Waals surface area contributed by atoms with Crippen LogP contribution in [-0.2, 0) is 13.6 Å². The van der Waals surface area contributed by atoms with Crippen LogP contribution in [-0.4, -0.2) is 54.3 Å². The number of imidazole rings is 1. The minimum Gasteiger partial charge on any atom is -0.329 e. The Bertz CT molecular complexity index is 1640. The van der Waals surface area contributed by atoms with Gasteiger partial charge in [-0.15, -0.1) is 0 Å². The highest BCUT2D eigenvalue weighted by Gasteiger charge is 2.22. The van der Waals surface area contributed by atoms with Crippen molar-refractivity contribution in [1.29, 1.82) is 5.26 Å². The predicted octanol–water partition coefficient (Wildman–Crippen LogP) is 4.40. The molecule has 9 heteroatoms. The van der Waals surface area contributed by atoms with Gasteiger partial charge in [0.2, 0.25) is 0 Å². The summed E-state index contributed by atoms with van der Waals surface area (Å²) in [7, 11) is 4.01. The summed E-state index contributed by atoms with van der Waals surface area (Å²) in [5, 5.41) is 14.4. The van der Waals surface area contributed by atoms with Gasteiger partial charge in [0.1, 0.15) is 17.4 Å². The molecule has 0 spiro atoms. The van der Waals surface area contributed by atoms with Crippen LogP contribution in [0.15, 0.2) is 49.2 Å². The first kappa shape index (κ1) is 22.3. The number of pyridine rings is 2. The summed E-state index contributed by atoms with van der Waals surface area (Å²) in [5.41, 5.74) is 5.24. The first-order valence-corrected chi connectivity index (χ1v) is 12.0. The third-order valence-corrected chi connectivity index (χ3v) is 7.18. The van der Waals surface area contributed by atoms with E-state index in [1.807, 2.05) is 31.7 Å². The minimum absolute atomic E-state index is 0.00618. The molecule has 8 nitrogen and oxygen atoms in total. The zero-order chi connectivity index (χ0) is 24.8. The van der Waals surface area contributed by atoms with Gasteiger partial charge in [-0.2, -0.15) is 10.4 Å². The summed E-state index contributed by atoms with van der Waals surface area (Å²) in [4.78, 5) is 16.6. The topological polar surface area (TPSA) is 88.5 Å². The molecule has 36 heavy (non-hydrogen) atoms. The molecule has 6 rings (SSSR count). The third kappa shape index (κ3) is 3.80. The number of fused-ring (bicyclic) bond motifs is 2. The minimum atomic E-state index is -0.565. The van der Waals surface area contributed by atoms with Crippen LogP contribution in [0.2, 0.25) is 0 Å². The van der Waals surface area contributed by atoms with Crippen molar-refractivity contribution >= 4 is 22.1 Å². The maximum Gasteiger partial charge on any atom is 0.157 e. The van der Waals surface area contributed by atoms with Gasteiger partial charge >= 0.3 is 0 Å². The van der Waals surface area contributed by atoms with Gasteiger partial charge < -0.3 is 9.47 Å². The highest BCUT2D eigenvalue weighted by molar-refractivity contribution is 5.99. The summed E-state index contributed by atoms with van der Waals surface area (Å²) < 4.78 is 18.6. The number of nitrogens with zero attached hydrogens (tertiary/aromatic N) is 8. The number of piperidine rings is 1. The SMILES string of the molecule is CN1CCC(Cn2cnc3c(-c4ccc(C#N)c(F)c4)c(-c4cnc5c(cnn5C)c4)ncc32)CC1. The maximum absolute atomic E-state index is 14.7. The van der Waals surface area contributed by atoms with Crippen LogP contribution in [0.5, 0.6) is 0 Å².